The number of nitrogens with one attached hydrogen (secondary N) is 1. The predicted molar refractivity (Wildman–Crippen MR) is 146 cm³/mol. The van der Waals surface area contributed by atoms with Crippen molar-refractivity contribution in [3.63, 3.8) is 0 Å². The van der Waals surface area contributed by atoms with Crippen LogP contribution in [0, 0.1) is 0 Å². The van der Waals surface area contributed by atoms with Gasteiger partial charge in [-0.2, -0.15) is 0 Å². The number of hydrogen-bond acceptors (Lipinski definition) is 6. The van der Waals surface area contributed by atoms with Gasteiger partial charge in [-0.1, -0.05) is 78.9 Å². The third-order valence-corrected chi connectivity index (χ3v) is 8.86. The highest BCUT2D eigenvalue weighted by Crippen LogP contribution is 2.45. The molecule has 2 amide bonds. The van der Waals surface area contributed by atoms with E-state index in [1.165, 1.54) is 16.7 Å². The molecule has 192 valence electrons. The Bertz CT molecular complexity index is 1430. The molecule has 7 nitrogen and oxygen atoms in total. The normalized spacial score (nSPS) is 20.7. The lowest BCUT2D eigenvalue weighted by Crippen LogP contribution is -2.71. The van der Waals surface area contributed by atoms with Gasteiger partial charge in [-0.3, -0.25) is 14.5 Å². The largest absolute Gasteiger partial charge is 0.460 e. The fraction of sp³-hybridized carbons (Fsp3) is 0.233. The summed E-state index contributed by atoms with van der Waals surface area (Å²) in [5.74, 6) is -0.790. The maximum absolute atomic E-state index is 13.4. The lowest BCUT2D eigenvalue weighted by molar-refractivity contribution is -0.153. The van der Waals surface area contributed by atoms with Crippen molar-refractivity contribution in [2.45, 2.75) is 30.3 Å². The van der Waals surface area contributed by atoms with Crippen molar-refractivity contribution in [1.29, 1.82) is 0 Å². The number of thioether (sulfide) groups is 1. The van der Waals surface area contributed by atoms with Crippen LogP contribution in [0.5, 0.6) is 0 Å². The van der Waals surface area contributed by atoms with Crippen LogP contribution in [0.2, 0.25) is 0 Å². The zero-order chi connectivity index (χ0) is 26.4. The Morgan fingerprint density at radius 3 is 2.26 bits per heavy atom. The van der Waals surface area contributed by atoms with Crippen LogP contribution in [0.4, 0.5) is 0 Å². The number of fused-ring (bicyclic) bond motifs is 4. The van der Waals surface area contributed by atoms with Crippen molar-refractivity contribution < 1.29 is 19.1 Å². The summed E-state index contributed by atoms with van der Waals surface area (Å²) in [7, 11) is 0. The number of amides is 2. The maximum atomic E-state index is 13.4. The highest BCUT2D eigenvalue weighted by atomic mass is 32.2. The number of rotatable bonds is 6. The zero-order valence-corrected chi connectivity index (χ0v) is 21.6. The second-order valence-corrected chi connectivity index (χ2v) is 10.8. The zero-order valence-electron chi connectivity index (χ0n) is 20.8. The molecule has 38 heavy (non-hydrogen) atoms. The molecule has 0 unspecified atom stereocenters. The second kappa shape index (κ2) is 9.78. The molecule has 6 rings (SSSR count). The molecular weight excluding hydrogens is 498 g/mol. The van der Waals surface area contributed by atoms with Gasteiger partial charge in [0.05, 0.1) is 0 Å². The van der Waals surface area contributed by atoms with Crippen molar-refractivity contribution in [3.8, 4) is 11.1 Å². The van der Waals surface area contributed by atoms with Crippen LogP contribution in [-0.2, 0) is 19.1 Å². The topological polar surface area (TPSA) is 102 Å². The van der Waals surface area contributed by atoms with Crippen LogP contribution in [0.25, 0.3) is 11.1 Å². The highest BCUT2D eigenvalue weighted by molar-refractivity contribution is 8.00. The molecule has 0 radical (unpaired) electrons. The fourth-order valence-corrected chi connectivity index (χ4v) is 6.78. The van der Waals surface area contributed by atoms with E-state index in [-0.39, 0.29) is 29.5 Å². The van der Waals surface area contributed by atoms with E-state index in [0.717, 1.165) is 27.8 Å². The molecule has 0 bridgehead atoms. The fourth-order valence-electron chi connectivity index (χ4n) is 5.48. The number of carbonyl (C=O) groups excluding carboxylic acids is 3. The molecule has 8 heteroatoms. The SMILES string of the molecule is CC1=C(C(=O)OCC2c3ccccc3-c3ccccc32)N2C(=O)[C@@H](NC(=O)[C@H](N)c3ccccc3)[C@H]2SC1. The average Bonchev–Trinajstić information content (AvgIpc) is 3.28. The van der Waals surface area contributed by atoms with Gasteiger partial charge < -0.3 is 15.8 Å². The van der Waals surface area contributed by atoms with E-state index < -0.39 is 24.0 Å². The Balaban J connectivity index is 1.15. The van der Waals surface area contributed by atoms with Gasteiger partial charge in [0.25, 0.3) is 5.91 Å². The molecule has 3 aromatic carbocycles. The molecular formula is C30H27N3O4S. The van der Waals surface area contributed by atoms with E-state index in [1.807, 2.05) is 49.4 Å². The van der Waals surface area contributed by atoms with Gasteiger partial charge in [0.1, 0.15) is 29.8 Å². The molecule has 0 spiro atoms. The third-order valence-electron chi connectivity index (χ3n) is 7.43. The molecule has 1 aliphatic carbocycles. The smallest absolute Gasteiger partial charge is 0.355 e. The van der Waals surface area contributed by atoms with Gasteiger partial charge in [-0.15, -0.1) is 11.8 Å². The first-order valence-corrected chi connectivity index (χ1v) is 13.6. The number of benzene rings is 3. The van der Waals surface area contributed by atoms with Gasteiger partial charge in [0.2, 0.25) is 5.91 Å². The van der Waals surface area contributed by atoms with Gasteiger partial charge in [-0.25, -0.2) is 4.79 Å². The van der Waals surface area contributed by atoms with E-state index in [9.17, 15) is 14.4 Å². The summed E-state index contributed by atoms with van der Waals surface area (Å²) < 4.78 is 5.86. The summed E-state index contributed by atoms with van der Waals surface area (Å²) in [6.07, 6.45) is 0. The quantitative estimate of drug-likeness (QED) is 0.376. The number of nitrogens with two attached hydrogens (primary N) is 1. The Morgan fingerprint density at radius 1 is 1.00 bits per heavy atom. The van der Waals surface area contributed by atoms with Crippen molar-refractivity contribution in [2.75, 3.05) is 12.4 Å². The van der Waals surface area contributed by atoms with Crippen molar-refractivity contribution >= 4 is 29.5 Å². The molecule has 1 fully saturated rings. The summed E-state index contributed by atoms with van der Waals surface area (Å²) in [5, 5.41) is 2.41. The first-order chi connectivity index (χ1) is 18.5. The van der Waals surface area contributed by atoms with Crippen LogP contribution in [0.1, 0.15) is 35.6 Å². The molecule has 2 aliphatic heterocycles. The Kier molecular flexibility index (Phi) is 6.29. The van der Waals surface area contributed by atoms with Gasteiger partial charge >= 0.3 is 5.97 Å². The van der Waals surface area contributed by atoms with Gasteiger partial charge in [0, 0.05) is 11.7 Å². The molecule has 2 heterocycles. The Labute approximate surface area is 225 Å². The molecule has 3 atom stereocenters. The third kappa shape index (κ3) is 4.01. The maximum Gasteiger partial charge on any atom is 0.355 e. The van der Waals surface area contributed by atoms with Crippen LogP contribution in [0.3, 0.4) is 0 Å². The van der Waals surface area contributed by atoms with Crippen LogP contribution < -0.4 is 11.1 Å². The van der Waals surface area contributed by atoms with Crippen molar-refractivity contribution in [3.05, 3.63) is 107 Å². The minimum Gasteiger partial charge on any atom is -0.460 e. The minimum atomic E-state index is -0.884. The number of hydrogen-bond donors (Lipinski definition) is 2. The molecule has 1 saturated heterocycles. The summed E-state index contributed by atoms with van der Waals surface area (Å²) in [6, 6.07) is 23.7. The van der Waals surface area contributed by atoms with E-state index >= 15 is 0 Å². The summed E-state index contributed by atoms with van der Waals surface area (Å²) >= 11 is 1.51. The van der Waals surface area contributed by atoms with E-state index in [1.54, 1.807) is 12.1 Å². The Morgan fingerprint density at radius 2 is 1.61 bits per heavy atom. The summed E-state index contributed by atoms with van der Waals surface area (Å²) in [5.41, 5.74) is 12.4. The van der Waals surface area contributed by atoms with Crippen LogP contribution in [-0.4, -0.2) is 46.5 Å². The number of carbonyl (C=O) groups is 3. The van der Waals surface area contributed by atoms with Gasteiger partial charge in [0.15, 0.2) is 0 Å². The standard InChI is InChI=1S/C30H27N3O4S/c1-17-16-38-29-25(32-27(34)24(31)18-9-3-2-4-10-18)28(35)33(29)26(17)30(36)37-15-23-21-13-7-5-11-19(21)20-12-6-8-14-22(20)23/h2-14,23-25,29H,15-16,31H2,1H3,(H,32,34)/t24-,25-,29-/m1/s1. The van der Waals surface area contributed by atoms with E-state index in [2.05, 4.69) is 29.6 Å². The number of nitrogens with zero attached hydrogens (tertiary/aromatic N) is 1. The lowest BCUT2D eigenvalue weighted by atomic mass is 9.98. The van der Waals surface area contributed by atoms with Crippen LogP contribution >= 0.6 is 11.8 Å². The van der Waals surface area contributed by atoms with Crippen molar-refractivity contribution in [1.82, 2.24) is 10.2 Å². The first kappa shape index (κ1) is 24.5. The summed E-state index contributed by atoms with van der Waals surface area (Å²) in [4.78, 5) is 40.7. The van der Waals surface area contributed by atoms with E-state index in [4.69, 9.17) is 10.5 Å². The average molecular weight is 526 g/mol. The molecule has 0 aromatic heterocycles. The first-order valence-electron chi connectivity index (χ1n) is 12.6. The van der Waals surface area contributed by atoms with E-state index in [0.29, 0.717) is 11.3 Å². The van der Waals surface area contributed by atoms with Gasteiger partial charge in [-0.05, 0) is 40.3 Å². The number of esters is 1. The second-order valence-electron chi connectivity index (χ2n) is 9.74. The lowest BCUT2D eigenvalue weighted by Gasteiger charge is -2.49. The number of ether oxygens (including phenoxy) is 1. The molecule has 0 saturated carbocycles. The predicted octanol–water partition coefficient (Wildman–Crippen LogP) is 3.72. The van der Waals surface area contributed by atoms with Crippen molar-refractivity contribution in [2.24, 2.45) is 5.73 Å². The highest BCUT2D eigenvalue weighted by Gasteiger charge is 2.54. The minimum absolute atomic E-state index is 0.0698. The van der Waals surface area contributed by atoms with Crippen LogP contribution in [0.15, 0.2) is 90.1 Å². The molecule has 3 aliphatic rings. The monoisotopic (exact) mass is 525 g/mol. The number of β-lactam (4-membered cyclic amide) rings is 1. The molecule has 3 N–H and O–H groups in total. The molecule has 3 aromatic rings. The Hall–Kier alpha value is -3.88. The summed E-state index contributed by atoms with van der Waals surface area (Å²) in [6.45, 7) is 2.01.